The molecule has 3 aromatic heterocycles. The van der Waals surface area contributed by atoms with E-state index in [1.807, 2.05) is 48.5 Å². The second-order valence-electron chi connectivity index (χ2n) is 10.6. The summed E-state index contributed by atoms with van der Waals surface area (Å²) in [7, 11) is 0. The Hall–Kier alpha value is -4.57. The minimum absolute atomic E-state index is 0.402. The number of anilines is 2. The Balaban J connectivity index is 1.14. The fraction of sp³-hybridized carbons (Fsp3) is 0.364. The first-order valence-electron chi connectivity index (χ1n) is 15.0. The normalized spacial score (nSPS) is 13.1. The number of aryl methyl sites for hydroxylation is 2. The quantitative estimate of drug-likeness (QED) is 0.157. The summed E-state index contributed by atoms with van der Waals surface area (Å²) in [5, 5.41) is 16.4. The van der Waals surface area contributed by atoms with Crippen LogP contribution in [0.4, 0.5) is 11.6 Å². The van der Waals surface area contributed by atoms with Crippen LogP contribution in [-0.2, 0) is 17.6 Å². The molecule has 43 heavy (non-hydrogen) atoms. The third-order valence-electron chi connectivity index (χ3n) is 7.48. The van der Waals surface area contributed by atoms with Crippen LogP contribution >= 0.6 is 0 Å². The summed E-state index contributed by atoms with van der Waals surface area (Å²) < 4.78 is 5.84. The van der Waals surface area contributed by atoms with Crippen LogP contribution in [0.5, 0.6) is 5.88 Å². The van der Waals surface area contributed by atoms with Gasteiger partial charge in [0.15, 0.2) is 0 Å². The zero-order chi connectivity index (χ0) is 29.7. The number of aliphatic carboxylic acids is 1. The van der Waals surface area contributed by atoms with Gasteiger partial charge in [0.25, 0.3) is 0 Å². The fourth-order valence-corrected chi connectivity index (χ4v) is 5.10. The van der Waals surface area contributed by atoms with E-state index >= 15 is 0 Å². The number of rotatable bonds is 16. The Morgan fingerprint density at radius 1 is 0.977 bits per heavy atom. The van der Waals surface area contributed by atoms with Crippen LogP contribution in [0, 0.1) is 0 Å². The molecule has 0 radical (unpaired) electrons. The number of hydrogen-bond acceptors (Lipinski definition) is 9. The predicted octanol–water partition coefficient (Wildman–Crippen LogP) is 4.95. The van der Waals surface area contributed by atoms with Crippen molar-refractivity contribution in [2.45, 2.75) is 44.6 Å². The van der Waals surface area contributed by atoms with Gasteiger partial charge in [-0.05, 0) is 62.8 Å². The van der Waals surface area contributed by atoms with Gasteiger partial charge in [0, 0.05) is 43.2 Å². The van der Waals surface area contributed by atoms with Crippen LogP contribution in [0.3, 0.4) is 0 Å². The molecule has 4 heterocycles. The van der Waals surface area contributed by atoms with Gasteiger partial charge in [0.2, 0.25) is 5.88 Å². The molecule has 0 spiro atoms. The van der Waals surface area contributed by atoms with Crippen molar-refractivity contribution in [2.24, 2.45) is 0 Å². The summed E-state index contributed by atoms with van der Waals surface area (Å²) >= 11 is 0. The van der Waals surface area contributed by atoms with E-state index in [4.69, 9.17) is 9.72 Å². The number of carbonyl (C=O) groups is 1. The van der Waals surface area contributed by atoms with Crippen LogP contribution in [0.25, 0.3) is 11.3 Å². The first-order chi connectivity index (χ1) is 21.1. The van der Waals surface area contributed by atoms with E-state index in [0.29, 0.717) is 37.8 Å². The van der Waals surface area contributed by atoms with Gasteiger partial charge in [-0.3, -0.25) is 9.88 Å². The van der Waals surface area contributed by atoms with Gasteiger partial charge in [0.1, 0.15) is 24.3 Å². The van der Waals surface area contributed by atoms with Crippen molar-refractivity contribution in [3.05, 3.63) is 90.5 Å². The molecule has 1 aliphatic rings. The van der Waals surface area contributed by atoms with E-state index in [1.54, 1.807) is 18.6 Å². The topological polar surface area (TPSA) is 125 Å². The summed E-state index contributed by atoms with van der Waals surface area (Å²) in [4.78, 5) is 32.3. The molecule has 0 saturated heterocycles. The standard InChI is InChI=1S/C33H39N7O3/c41-33(42)28(39-30-24-36-29(23-37-30)25-9-2-1-3-10-25)16-20-40(21-22-43-31-13-4-6-17-34-31)19-7-5-12-27-15-14-26-11-8-18-35-32(26)38-27/h1-4,6,9-10,13-15,17,23-24,28H,5,7-8,11-12,16,18-22H2,(H,35,38)(H,37,39)(H,41,42). The zero-order valence-electron chi connectivity index (χ0n) is 24.4. The van der Waals surface area contributed by atoms with Crippen molar-refractivity contribution in [3.63, 3.8) is 0 Å². The van der Waals surface area contributed by atoms with Crippen LogP contribution in [-0.4, -0.2) is 74.7 Å². The first kappa shape index (κ1) is 29.9. The third-order valence-corrected chi connectivity index (χ3v) is 7.48. The number of carboxylic acids is 1. The SMILES string of the molecule is O=C(O)C(CCN(CCCCc1ccc2c(n1)NCCC2)CCOc1ccccn1)Nc1cnc(-c2ccccc2)cn1. The van der Waals surface area contributed by atoms with Crippen molar-refractivity contribution in [1.29, 1.82) is 0 Å². The number of benzene rings is 1. The highest BCUT2D eigenvalue weighted by Crippen LogP contribution is 2.21. The Kier molecular flexibility index (Phi) is 10.8. The zero-order valence-corrected chi connectivity index (χ0v) is 24.4. The third kappa shape index (κ3) is 9.21. The molecule has 1 aliphatic heterocycles. The number of pyridine rings is 2. The van der Waals surface area contributed by atoms with E-state index < -0.39 is 12.0 Å². The molecule has 0 bridgehead atoms. The first-order valence-corrected chi connectivity index (χ1v) is 15.0. The molecule has 0 saturated carbocycles. The van der Waals surface area contributed by atoms with Crippen molar-refractivity contribution >= 4 is 17.6 Å². The maximum Gasteiger partial charge on any atom is 0.326 e. The maximum atomic E-state index is 12.1. The lowest BCUT2D eigenvalue weighted by atomic mass is 10.1. The van der Waals surface area contributed by atoms with Gasteiger partial charge in [-0.2, -0.15) is 0 Å². The molecule has 1 aromatic carbocycles. The monoisotopic (exact) mass is 581 g/mol. The number of unbranched alkanes of at least 4 members (excludes halogenated alkanes) is 1. The van der Waals surface area contributed by atoms with Crippen molar-refractivity contribution in [1.82, 2.24) is 24.8 Å². The van der Waals surface area contributed by atoms with E-state index in [1.165, 1.54) is 5.56 Å². The number of nitrogens with one attached hydrogen (secondary N) is 2. The molecule has 3 N–H and O–H groups in total. The summed E-state index contributed by atoms with van der Waals surface area (Å²) in [6.07, 6.45) is 10.5. The van der Waals surface area contributed by atoms with Crippen LogP contribution < -0.4 is 15.4 Å². The minimum Gasteiger partial charge on any atom is -0.480 e. The molecule has 4 aromatic rings. The highest BCUT2D eigenvalue weighted by atomic mass is 16.5. The smallest absolute Gasteiger partial charge is 0.326 e. The lowest BCUT2D eigenvalue weighted by Gasteiger charge is -2.24. The average molecular weight is 582 g/mol. The second kappa shape index (κ2) is 15.6. The molecule has 5 rings (SSSR count). The molecule has 10 heteroatoms. The molecule has 224 valence electrons. The second-order valence-corrected chi connectivity index (χ2v) is 10.6. The van der Waals surface area contributed by atoms with Gasteiger partial charge >= 0.3 is 5.97 Å². The predicted molar refractivity (Wildman–Crippen MR) is 167 cm³/mol. The molecule has 0 aliphatic carbocycles. The van der Waals surface area contributed by atoms with E-state index in [9.17, 15) is 9.90 Å². The average Bonchev–Trinajstić information content (AvgIpc) is 3.05. The number of hydrogen-bond donors (Lipinski definition) is 3. The molecule has 0 fully saturated rings. The number of aromatic nitrogens is 4. The lowest BCUT2D eigenvalue weighted by molar-refractivity contribution is -0.138. The Bertz CT molecular complexity index is 1420. The van der Waals surface area contributed by atoms with Gasteiger partial charge in [-0.25, -0.2) is 19.7 Å². The van der Waals surface area contributed by atoms with E-state index in [0.717, 1.165) is 68.0 Å². The van der Waals surface area contributed by atoms with Crippen LogP contribution in [0.15, 0.2) is 79.3 Å². The molecule has 0 amide bonds. The fourth-order valence-electron chi connectivity index (χ4n) is 5.10. The van der Waals surface area contributed by atoms with Crippen molar-refractivity contribution in [2.75, 3.05) is 43.4 Å². The Morgan fingerprint density at radius 3 is 2.65 bits per heavy atom. The Labute approximate surface area is 252 Å². The molecular formula is C33H39N7O3. The summed E-state index contributed by atoms with van der Waals surface area (Å²) in [5.41, 5.74) is 4.10. The van der Waals surface area contributed by atoms with Gasteiger partial charge in [-0.1, -0.05) is 42.5 Å². The minimum atomic E-state index is -0.925. The van der Waals surface area contributed by atoms with Crippen molar-refractivity contribution < 1.29 is 14.6 Å². The molecule has 1 unspecified atom stereocenters. The lowest BCUT2D eigenvalue weighted by Crippen LogP contribution is -2.37. The summed E-state index contributed by atoms with van der Waals surface area (Å²) in [6, 6.07) is 18.9. The van der Waals surface area contributed by atoms with Crippen LogP contribution in [0.1, 0.15) is 36.9 Å². The number of fused-ring (bicyclic) bond motifs is 1. The number of ether oxygens (including phenoxy) is 1. The number of carboxylic acid groups (broad SMARTS) is 1. The highest BCUT2D eigenvalue weighted by Gasteiger charge is 2.20. The van der Waals surface area contributed by atoms with E-state index in [-0.39, 0.29) is 0 Å². The molecule has 10 nitrogen and oxygen atoms in total. The van der Waals surface area contributed by atoms with Gasteiger partial charge in [-0.15, -0.1) is 0 Å². The maximum absolute atomic E-state index is 12.1. The highest BCUT2D eigenvalue weighted by molar-refractivity contribution is 5.76. The molecule has 1 atom stereocenters. The summed E-state index contributed by atoms with van der Waals surface area (Å²) in [6.45, 7) is 3.53. The van der Waals surface area contributed by atoms with E-state index in [2.05, 4.69) is 42.6 Å². The number of nitrogens with zero attached hydrogens (tertiary/aromatic N) is 5. The van der Waals surface area contributed by atoms with Crippen LogP contribution in [0.2, 0.25) is 0 Å². The Morgan fingerprint density at radius 2 is 1.86 bits per heavy atom. The van der Waals surface area contributed by atoms with Crippen molar-refractivity contribution in [3.8, 4) is 17.1 Å². The van der Waals surface area contributed by atoms with Gasteiger partial charge < -0.3 is 20.5 Å². The summed E-state index contributed by atoms with van der Waals surface area (Å²) in [5.74, 6) is 1.12. The largest absolute Gasteiger partial charge is 0.480 e. The molecular weight excluding hydrogens is 542 g/mol. The van der Waals surface area contributed by atoms with Gasteiger partial charge in [0.05, 0.1) is 18.1 Å².